The van der Waals surface area contributed by atoms with Gasteiger partial charge in [0.15, 0.2) is 5.96 Å². The number of nitrogens with one attached hydrogen (secondary N) is 2. The minimum absolute atomic E-state index is 0.252. The molecule has 1 aromatic heterocycles. The van der Waals surface area contributed by atoms with Crippen molar-refractivity contribution in [2.75, 3.05) is 20.1 Å². The SMILES string of the molecule is CN=C(NCc1csc(-c2ccccc2)n1)NC1CCN(C(=O)C2CCCC2)C1. The normalized spacial score (nSPS) is 20.2. The zero-order valence-corrected chi connectivity index (χ0v) is 17.8. The maximum absolute atomic E-state index is 12.6. The van der Waals surface area contributed by atoms with Crippen molar-refractivity contribution in [1.82, 2.24) is 20.5 Å². The lowest BCUT2D eigenvalue weighted by atomic mass is 10.1. The van der Waals surface area contributed by atoms with Crippen LogP contribution < -0.4 is 10.6 Å². The van der Waals surface area contributed by atoms with Crippen molar-refractivity contribution in [3.63, 3.8) is 0 Å². The number of rotatable bonds is 5. The Morgan fingerprint density at radius 2 is 2.03 bits per heavy atom. The summed E-state index contributed by atoms with van der Waals surface area (Å²) in [5.74, 6) is 1.37. The van der Waals surface area contributed by atoms with Crippen LogP contribution in [0.25, 0.3) is 10.6 Å². The van der Waals surface area contributed by atoms with Crippen LogP contribution in [0.3, 0.4) is 0 Å². The van der Waals surface area contributed by atoms with Crippen LogP contribution in [0.2, 0.25) is 0 Å². The van der Waals surface area contributed by atoms with Gasteiger partial charge in [0.1, 0.15) is 5.01 Å². The third-order valence-electron chi connectivity index (χ3n) is 5.78. The topological polar surface area (TPSA) is 69.6 Å². The summed E-state index contributed by atoms with van der Waals surface area (Å²) in [6.45, 7) is 2.24. The van der Waals surface area contributed by atoms with Gasteiger partial charge in [0.05, 0.1) is 12.2 Å². The molecule has 29 heavy (non-hydrogen) atoms. The molecular weight excluding hydrogens is 382 g/mol. The highest BCUT2D eigenvalue weighted by molar-refractivity contribution is 7.13. The standard InChI is InChI=1S/C22H29N5OS/c1-23-22(24-13-19-15-29-20(25-19)16-7-3-2-4-8-16)26-18-11-12-27(14-18)21(28)17-9-5-6-10-17/h2-4,7-8,15,17-18H,5-6,9-14H2,1H3,(H2,23,24,26). The second-order valence-corrected chi connectivity index (χ2v) is 8.69. The predicted molar refractivity (Wildman–Crippen MR) is 118 cm³/mol. The molecule has 0 radical (unpaired) electrons. The lowest BCUT2D eigenvalue weighted by Crippen LogP contribution is -2.45. The van der Waals surface area contributed by atoms with Gasteiger partial charge < -0.3 is 15.5 Å². The highest BCUT2D eigenvalue weighted by atomic mass is 32.1. The van der Waals surface area contributed by atoms with Crippen molar-refractivity contribution < 1.29 is 4.79 Å². The number of carbonyl (C=O) groups excluding carboxylic acids is 1. The number of guanidine groups is 1. The molecule has 1 atom stereocenters. The summed E-state index contributed by atoms with van der Waals surface area (Å²) >= 11 is 1.65. The van der Waals surface area contributed by atoms with Crippen molar-refractivity contribution in [3.8, 4) is 10.6 Å². The minimum atomic E-state index is 0.252. The largest absolute Gasteiger partial charge is 0.352 e. The first-order valence-electron chi connectivity index (χ1n) is 10.5. The van der Waals surface area contributed by atoms with E-state index in [1.807, 2.05) is 23.1 Å². The van der Waals surface area contributed by atoms with Crippen LogP contribution in [0.1, 0.15) is 37.8 Å². The molecule has 1 amide bonds. The van der Waals surface area contributed by atoms with E-state index in [4.69, 9.17) is 4.98 Å². The Morgan fingerprint density at radius 1 is 1.24 bits per heavy atom. The van der Waals surface area contributed by atoms with E-state index in [0.29, 0.717) is 12.5 Å². The Morgan fingerprint density at radius 3 is 2.79 bits per heavy atom. The van der Waals surface area contributed by atoms with Gasteiger partial charge in [-0.05, 0) is 19.3 Å². The molecule has 7 heteroatoms. The number of aromatic nitrogens is 1. The molecule has 1 saturated heterocycles. The molecule has 1 aromatic carbocycles. The third kappa shape index (κ3) is 4.96. The second kappa shape index (κ2) is 9.39. The summed E-state index contributed by atoms with van der Waals surface area (Å²) in [6.07, 6.45) is 5.49. The number of hydrogen-bond donors (Lipinski definition) is 2. The van der Waals surface area contributed by atoms with Gasteiger partial charge >= 0.3 is 0 Å². The number of hydrogen-bond acceptors (Lipinski definition) is 4. The van der Waals surface area contributed by atoms with Gasteiger partial charge in [0, 0.05) is 43.0 Å². The maximum atomic E-state index is 12.6. The molecule has 0 bridgehead atoms. The summed E-state index contributed by atoms with van der Waals surface area (Å²) < 4.78 is 0. The summed E-state index contributed by atoms with van der Waals surface area (Å²) in [5, 5.41) is 9.94. The summed E-state index contributed by atoms with van der Waals surface area (Å²) in [5.41, 5.74) is 2.14. The molecule has 1 aliphatic heterocycles. The van der Waals surface area contributed by atoms with E-state index in [2.05, 4.69) is 33.1 Å². The van der Waals surface area contributed by atoms with E-state index in [1.165, 1.54) is 12.8 Å². The molecule has 2 aliphatic rings. The lowest BCUT2D eigenvalue weighted by Gasteiger charge is -2.21. The maximum Gasteiger partial charge on any atom is 0.225 e. The fraction of sp³-hybridized carbons (Fsp3) is 0.500. The smallest absolute Gasteiger partial charge is 0.225 e. The fourth-order valence-corrected chi connectivity index (χ4v) is 5.00. The third-order valence-corrected chi connectivity index (χ3v) is 6.72. The van der Waals surface area contributed by atoms with Crippen molar-refractivity contribution >= 4 is 23.2 Å². The zero-order chi connectivity index (χ0) is 20.1. The number of thiazole rings is 1. The lowest BCUT2D eigenvalue weighted by molar-refractivity contribution is -0.134. The van der Waals surface area contributed by atoms with Gasteiger partial charge in [-0.25, -0.2) is 4.98 Å². The fourth-order valence-electron chi connectivity index (χ4n) is 4.17. The molecule has 6 nitrogen and oxygen atoms in total. The molecule has 2 N–H and O–H groups in total. The average molecular weight is 412 g/mol. The van der Waals surface area contributed by atoms with Crippen LogP contribution in [0.5, 0.6) is 0 Å². The molecule has 154 valence electrons. The number of likely N-dealkylation sites (tertiary alicyclic amines) is 1. The number of amides is 1. The Bertz CT molecular complexity index is 844. The van der Waals surface area contributed by atoms with E-state index < -0.39 is 0 Å². The van der Waals surface area contributed by atoms with E-state index in [9.17, 15) is 4.79 Å². The van der Waals surface area contributed by atoms with Crippen LogP contribution >= 0.6 is 11.3 Å². The first-order valence-corrected chi connectivity index (χ1v) is 11.4. The first-order chi connectivity index (χ1) is 14.2. The number of nitrogens with zero attached hydrogens (tertiary/aromatic N) is 3. The van der Waals surface area contributed by atoms with Crippen LogP contribution in [0, 0.1) is 5.92 Å². The van der Waals surface area contributed by atoms with Crippen molar-refractivity contribution in [3.05, 3.63) is 41.4 Å². The molecule has 1 saturated carbocycles. The number of carbonyl (C=O) groups is 1. The predicted octanol–water partition coefficient (Wildman–Crippen LogP) is 3.27. The summed E-state index contributed by atoms with van der Waals surface area (Å²) in [6, 6.07) is 10.5. The van der Waals surface area contributed by atoms with Crippen molar-refractivity contribution in [2.24, 2.45) is 10.9 Å². The second-order valence-electron chi connectivity index (χ2n) is 7.83. The van der Waals surface area contributed by atoms with Gasteiger partial charge in [0.25, 0.3) is 0 Å². The van der Waals surface area contributed by atoms with Gasteiger partial charge in [0.2, 0.25) is 5.91 Å². The van der Waals surface area contributed by atoms with E-state index in [1.54, 1.807) is 18.4 Å². The van der Waals surface area contributed by atoms with Crippen LogP contribution in [0.15, 0.2) is 40.7 Å². The molecule has 2 heterocycles. The summed E-state index contributed by atoms with van der Waals surface area (Å²) in [7, 11) is 1.78. The van der Waals surface area contributed by atoms with Gasteiger partial charge in [-0.15, -0.1) is 11.3 Å². The van der Waals surface area contributed by atoms with Crippen LogP contribution in [-0.2, 0) is 11.3 Å². The molecule has 1 unspecified atom stereocenters. The molecule has 4 rings (SSSR count). The average Bonchev–Trinajstić information content (AvgIpc) is 3.53. The first kappa shape index (κ1) is 19.9. The van der Waals surface area contributed by atoms with E-state index in [0.717, 1.165) is 54.6 Å². The molecule has 2 aromatic rings. The van der Waals surface area contributed by atoms with Crippen LogP contribution in [0.4, 0.5) is 0 Å². The monoisotopic (exact) mass is 411 g/mol. The van der Waals surface area contributed by atoms with Gasteiger partial charge in [-0.2, -0.15) is 0 Å². The molecule has 0 spiro atoms. The quantitative estimate of drug-likeness (QED) is 0.585. The van der Waals surface area contributed by atoms with Gasteiger partial charge in [-0.1, -0.05) is 43.2 Å². The Balaban J connectivity index is 1.26. The van der Waals surface area contributed by atoms with Gasteiger partial charge in [-0.3, -0.25) is 9.79 Å². The Hall–Kier alpha value is -2.41. The Kier molecular flexibility index (Phi) is 6.44. The molecule has 2 fully saturated rings. The van der Waals surface area contributed by atoms with Crippen molar-refractivity contribution in [1.29, 1.82) is 0 Å². The number of aliphatic imine (C=N–C) groups is 1. The zero-order valence-electron chi connectivity index (χ0n) is 16.9. The van der Waals surface area contributed by atoms with E-state index in [-0.39, 0.29) is 12.0 Å². The van der Waals surface area contributed by atoms with Crippen molar-refractivity contribution in [2.45, 2.75) is 44.7 Å². The van der Waals surface area contributed by atoms with Crippen LogP contribution in [-0.4, -0.2) is 47.9 Å². The van der Waals surface area contributed by atoms with E-state index >= 15 is 0 Å². The molecular formula is C22H29N5OS. The summed E-state index contributed by atoms with van der Waals surface area (Å²) in [4.78, 5) is 23.7. The highest BCUT2D eigenvalue weighted by Gasteiger charge is 2.32. The molecule has 1 aliphatic carbocycles. The minimum Gasteiger partial charge on any atom is -0.352 e. The Labute approximate surface area is 176 Å². The number of benzene rings is 1. The highest BCUT2D eigenvalue weighted by Crippen LogP contribution is 2.28.